The lowest BCUT2D eigenvalue weighted by molar-refractivity contribution is 0.0732. The summed E-state index contributed by atoms with van der Waals surface area (Å²) in [6.45, 7) is 2.63. The molecule has 3 rings (SSSR count). The van der Waals surface area contributed by atoms with Crippen LogP contribution in [0, 0.1) is 0 Å². The van der Waals surface area contributed by atoms with Gasteiger partial charge in [0.05, 0.1) is 18.4 Å². The van der Waals surface area contributed by atoms with Crippen LogP contribution in [0.4, 0.5) is 0 Å². The minimum atomic E-state index is -0.147. The van der Waals surface area contributed by atoms with Gasteiger partial charge in [-0.05, 0) is 19.1 Å². The molecule has 128 valence electrons. The second-order valence-electron chi connectivity index (χ2n) is 5.55. The van der Waals surface area contributed by atoms with E-state index in [1.807, 2.05) is 55.5 Å². The van der Waals surface area contributed by atoms with Gasteiger partial charge in [-0.3, -0.25) is 4.79 Å². The van der Waals surface area contributed by atoms with Crippen molar-refractivity contribution in [2.24, 2.45) is 0 Å². The summed E-state index contributed by atoms with van der Waals surface area (Å²) in [5.41, 5.74) is 2.09. The summed E-state index contributed by atoms with van der Waals surface area (Å²) >= 11 is 0. The maximum Gasteiger partial charge on any atom is 0.254 e. The zero-order valence-corrected chi connectivity index (χ0v) is 14.1. The molecule has 1 aromatic heterocycles. The summed E-state index contributed by atoms with van der Waals surface area (Å²) in [5.74, 6) is 0.912. The van der Waals surface area contributed by atoms with Crippen molar-refractivity contribution < 1.29 is 14.3 Å². The Morgan fingerprint density at radius 3 is 2.56 bits per heavy atom. The second-order valence-corrected chi connectivity index (χ2v) is 5.55. The number of carbonyl (C=O) groups excluding carboxylic acids is 1. The molecule has 0 aliphatic carbocycles. The summed E-state index contributed by atoms with van der Waals surface area (Å²) < 4.78 is 5.89. The zero-order chi connectivity index (χ0) is 17.6. The van der Waals surface area contributed by atoms with E-state index in [0.717, 1.165) is 5.56 Å². The summed E-state index contributed by atoms with van der Waals surface area (Å²) in [6.07, 6.45) is 1.66. The summed E-state index contributed by atoms with van der Waals surface area (Å²) in [6, 6.07) is 16.9. The first-order chi connectivity index (χ1) is 12.2. The molecule has 1 amide bonds. The average molecular weight is 336 g/mol. The van der Waals surface area contributed by atoms with Gasteiger partial charge in [0.1, 0.15) is 0 Å². The number of rotatable bonds is 6. The van der Waals surface area contributed by atoms with Gasteiger partial charge in [0.2, 0.25) is 5.89 Å². The fourth-order valence-corrected chi connectivity index (χ4v) is 2.68. The topological polar surface area (TPSA) is 66.6 Å². The third-order valence-electron chi connectivity index (χ3n) is 3.99. The van der Waals surface area contributed by atoms with Crippen LogP contribution >= 0.6 is 0 Å². The van der Waals surface area contributed by atoms with Crippen molar-refractivity contribution in [2.75, 3.05) is 19.7 Å². The Morgan fingerprint density at radius 1 is 1.12 bits per heavy atom. The number of hydrogen-bond acceptors (Lipinski definition) is 4. The Hall–Kier alpha value is -2.92. The lowest BCUT2D eigenvalue weighted by Gasteiger charge is -2.20. The van der Waals surface area contributed by atoms with E-state index in [2.05, 4.69) is 4.98 Å². The molecule has 0 saturated carbocycles. The zero-order valence-electron chi connectivity index (χ0n) is 14.1. The van der Waals surface area contributed by atoms with Crippen molar-refractivity contribution in [3.63, 3.8) is 0 Å². The van der Waals surface area contributed by atoms with E-state index >= 15 is 0 Å². The number of likely N-dealkylation sites (N-methyl/N-ethyl adjacent to an activating group) is 1. The van der Waals surface area contributed by atoms with Crippen molar-refractivity contribution >= 4 is 5.91 Å². The van der Waals surface area contributed by atoms with Gasteiger partial charge < -0.3 is 14.4 Å². The minimum Gasteiger partial charge on any atom is -0.436 e. The Morgan fingerprint density at radius 2 is 1.84 bits per heavy atom. The third kappa shape index (κ3) is 3.61. The standard InChI is InChI=1S/C20H20N2O3/c1-2-22(12-13-23)20(24)17-11-7-6-10-16(17)19-21-14-18(25-19)15-8-4-3-5-9-15/h3-11,14,23H,2,12-13H2,1H3. The fraction of sp³-hybridized carbons (Fsp3) is 0.200. The molecule has 0 bridgehead atoms. The Bertz CT molecular complexity index is 843. The van der Waals surface area contributed by atoms with Crippen molar-refractivity contribution in [3.8, 4) is 22.8 Å². The van der Waals surface area contributed by atoms with Crippen LogP contribution in [0.15, 0.2) is 65.2 Å². The number of carbonyl (C=O) groups is 1. The van der Waals surface area contributed by atoms with Crippen molar-refractivity contribution in [3.05, 3.63) is 66.4 Å². The van der Waals surface area contributed by atoms with E-state index in [4.69, 9.17) is 9.52 Å². The monoisotopic (exact) mass is 336 g/mol. The molecule has 2 aromatic carbocycles. The number of aliphatic hydroxyl groups is 1. The van der Waals surface area contributed by atoms with Gasteiger partial charge >= 0.3 is 0 Å². The van der Waals surface area contributed by atoms with Crippen LogP contribution in [-0.2, 0) is 0 Å². The van der Waals surface area contributed by atoms with Gasteiger partial charge in [-0.2, -0.15) is 0 Å². The van der Waals surface area contributed by atoms with Gasteiger partial charge in [0.25, 0.3) is 5.91 Å². The smallest absolute Gasteiger partial charge is 0.254 e. The van der Waals surface area contributed by atoms with Crippen molar-refractivity contribution in [2.45, 2.75) is 6.92 Å². The normalized spacial score (nSPS) is 10.6. The lowest BCUT2D eigenvalue weighted by Crippen LogP contribution is -2.33. The molecule has 0 spiro atoms. The molecular weight excluding hydrogens is 316 g/mol. The molecule has 5 nitrogen and oxygen atoms in total. The van der Waals surface area contributed by atoms with Gasteiger partial charge in [0, 0.05) is 24.2 Å². The highest BCUT2D eigenvalue weighted by molar-refractivity contribution is 6.00. The van der Waals surface area contributed by atoms with E-state index in [1.165, 1.54) is 0 Å². The highest BCUT2D eigenvalue weighted by Gasteiger charge is 2.20. The van der Waals surface area contributed by atoms with Gasteiger partial charge in [-0.15, -0.1) is 0 Å². The van der Waals surface area contributed by atoms with Gasteiger partial charge in [-0.1, -0.05) is 42.5 Å². The number of amides is 1. The van der Waals surface area contributed by atoms with E-state index < -0.39 is 0 Å². The number of oxazole rings is 1. The van der Waals surface area contributed by atoms with Crippen LogP contribution in [0.25, 0.3) is 22.8 Å². The fourth-order valence-electron chi connectivity index (χ4n) is 2.68. The molecule has 1 N–H and O–H groups in total. The molecule has 0 radical (unpaired) electrons. The van der Waals surface area contributed by atoms with Crippen LogP contribution in [0.2, 0.25) is 0 Å². The number of nitrogens with zero attached hydrogens (tertiary/aromatic N) is 2. The Labute approximate surface area is 146 Å². The molecule has 0 saturated heterocycles. The van der Waals surface area contributed by atoms with Crippen LogP contribution in [0.1, 0.15) is 17.3 Å². The maximum atomic E-state index is 12.8. The molecular formula is C20H20N2O3. The van der Waals surface area contributed by atoms with Crippen molar-refractivity contribution in [1.29, 1.82) is 0 Å². The SMILES string of the molecule is CCN(CCO)C(=O)c1ccccc1-c1ncc(-c2ccccc2)o1. The van der Waals surface area contributed by atoms with E-state index in [0.29, 0.717) is 35.9 Å². The van der Waals surface area contributed by atoms with Crippen LogP contribution < -0.4 is 0 Å². The first-order valence-corrected chi connectivity index (χ1v) is 8.25. The summed E-state index contributed by atoms with van der Waals surface area (Å²) in [4.78, 5) is 18.7. The van der Waals surface area contributed by atoms with E-state index in [1.54, 1.807) is 17.2 Å². The highest BCUT2D eigenvalue weighted by atomic mass is 16.4. The average Bonchev–Trinajstić information content (AvgIpc) is 3.16. The highest BCUT2D eigenvalue weighted by Crippen LogP contribution is 2.28. The van der Waals surface area contributed by atoms with Crippen LogP contribution in [0.3, 0.4) is 0 Å². The van der Waals surface area contributed by atoms with Gasteiger partial charge in [-0.25, -0.2) is 4.98 Å². The second kappa shape index (κ2) is 7.77. The predicted octanol–water partition coefficient (Wildman–Crippen LogP) is 3.46. The first-order valence-electron chi connectivity index (χ1n) is 8.25. The maximum absolute atomic E-state index is 12.8. The number of benzene rings is 2. The molecule has 0 fully saturated rings. The molecule has 5 heteroatoms. The number of aromatic nitrogens is 1. The quantitative estimate of drug-likeness (QED) is 0.748. The number of hydrogen-bond donors (Lipinski definition) is 1. The van der Waals surface area contributed by atoms with Crippen LogP contribution in [0.5, 0.6) is 0 Å². The molecule has 0 atom stereocenters. The Balaban J connectivity index is 1.96. The van der Waals surface area contributed by atoms with Crippen molar-refractivity contribution in [1.82, 2.24) is 9.88 Å². The van der Waals surface area contributed by atoms with E-state index in [-0.39, 0.29) is 12.5 Å². The number of aliphatic hydroxyl groups excluding tert-OH is 1. The van der Waals surface area contributed by atoms with Crippen LogP contribution in [-0.4, -0.2) is 40.6 Å². The van der Waals surface area contributed by atoms with Gasteiger partial charge in [0.15, 0.2) is 5.76 Å². The summed E-state index contributed by atoms with van der Waals surface area (Å²) in [7, 11) is 0. The van der Waals surface area contributed by atoms with E-state index in [9.17, 15) is 4.79 Å². The molecule has 1 heterocycles. The lowest BCUT2D eigenvalue weighted by atomic mass is 10.1. The Kier molecular flexibility index (Phi) is 5.26. The molecule has 0 aliphatic rings. The summed E-state index contributed by atoms with van der Waals surface area (Å²) in [5, 5.41) is 9.15. The predicted molar refractivity (Wildman–Crippen MR) is 96.0 cm³/mol. The third-order valence-corrected chi connectivity index (χ3v) is 3.99. The molecule has 0 unspecified atom stereocenters. The molecule has 3 aromatic rings. The minimum absolute atomic E-state index is 0.0705. The molecule has 0 aliphatic heterocycles. The first kappa shape index (κ1) is 16.9. The molecule has 25 heavy (non-hydrogen) atoms. The largest absolute Gasteiger partial charge is 0.436 e.